The van der Waals surface area contributed by atoms with Gasteiger partial charge in [0.15, 0.2) is 0 Å². The molecule has 0 bridgehead atoms. The van der Waals surface area contributed by atoms with Crippen molar-refractivity contribution in [1.82, 2.24) is 0 Å². The third kappa shape index (κ3) is 3.21. The van der Waals surface area contributed by atoms with Crippen molar-refractivity contribution in [3.63, 3.8) is 0 Å². The number of hydrogen-bond acceptors (Lipinski definition) is 2. The molecule has 0 saturated heterocycles. The van der Waals surface area contributed by atoms with E-state index in [-0.39, 0.29) is 0 Å². The molecule has 1 rings (SSSR count). The van der Waals surface area contributed by atoms with Gasteiger partial charge in [-0.05, 0) is 19.3 Å². The first-order chi connectivity index (χ1) is 5.33. The molecule has 66 valence electrons. The van der Waals surface area contributed by atoms with E-state index in [2.05, 4.69) is 6.92 Å². The van der Waals surface area contributed by atoms with Crippen molar-refractivity contribution in [1.29, 1.82) is 0 Å². The Balaban J connectivity index is 1.81. The molecule has 0 aromatic carbocycles. The lowest BCUT2D eigenvalue weighted by molar-refractivity contribution is -0.00973. The van der Waals surface area contributed by atoms with E-state index in [0.717, 1.165) is 19.4 Å². The molecule has 1 aliphatic rings. The molecule has 1 saturated carbocycles. The smallest absolute Gasteiger partial charge is 0.0604 e. The molecule has 0 spiro atoms. The van der Waals surface area contributed by atoms with Crippen LogP contribution in [0.4, 0.5) is 0 Å². The predicted molar refractivity (Wildman–Crippen MR) is 46.5 cm³/mol. The maximum atomic E-state index is 5.62. The van der Waals surface area contributed by atoms with Crippen molar-refractivity contribution in [2.24, 2.45) is 5.73 Å². The van der Waals surface area contributed by atoms with Crippen LogP contribution in [0.1, 0.15) is 39.0 Å². The Hall–Kier alpha value is -0.0800. The summed E-state index contributed by atoms with van der Waals surface area (Å²) < 4.78 is 5.57. The average Bonchev–Trinajstić information content (AvgIpc) is 1.94. The Kier molecular flexibility index (Phi) is 3.87. The molecular weight excluding hydrogens is 138 g/mol. The summed E-state index contributed by atoms with van der Waals surface area (Å²) >= 11 is 0. The van der Waals surface area contributed by atoms with Crippen LogP contribution in [0.25, 0.3) is 0 Å². The summed E-state index contributed by atoms with van der Waals surface area (Å²) in [6.45, 7) is 3.14. The maximum Gasteiger partial charge on any atom is 0.0604 e. The molecule has 2 N–H and O–H groups in total. The van der Waals surface area contributed by atoms with E-state index in [1.807, 2.05) is 0 Å². The molecule has 0 amide bonds. The van der Waals surface area contributed by atoms with E-state index < -0.39 is 0 Å². The summed E-state index contributed by atoms with van der Waals surface area (Å²) in [5.41, 5.74) is 5.62. The van der Waals surface area contributed by atoms with E-state index >= 15 is 0 Å². The number of unbranched alkanes of at least 4 members (excludes halogenated alkanes) is 2. The molecule has 0 aliphatic heterocycles. The van der Waals surface area contributed by atoms with Crippen molar-refractivity contribution >= 4 is 0 Å². The third-order valence-corrected chi connectivity index (χ3v) is 2.23. The van der Waals surface area contributed by atoms with Gasteiger partial charge in [0, 0.05) is 12.6 Å². The Labute approximate surface area is 69.1 Å². The number of hydrogen-bond donors (Lipinski definition) is 1. The molecule has 0 unspecified atom stereocenters. The first-order valence-corrected chi connectivity index (χ1v) is 4.70. The second-order valence-corrected chi connectivity index (χ2v) is 3.43. The summed E-state index contributed by atoms with van der Waals surface area (Å²) in [5.74, 6) is 0. The molecule has 1 fully saturated rings. The van der Waals surface area contributed by atoms with Crippen LogP contribution in [0.5, 0.6) is 0 Å². The van der Waals surface area contributed by atoms with Crippen molar-refractivity contribution in [3.8, 4) is 0 Å². The zero-order chi connectivity index (χ0) is 8.10. The number of nitrogens with two attached hydrogens (primary N) is 1. The minimum atomic E-state index is 0.422. The number of rotatable bonds is 5. The van der Waals surface area contributed by atoms with Crippen molar-refractivity contribution in [2.75, 3.05) is 6.61 Å². The molecule has 0 atom stereocenters. The quantitative estimate of drug-likeness (QED) is 0.616. The molecule has 1 aliphatic carbocycles. The van der Waals surface area contributed by atoms with Gasteiger partial charge in [0.1, 0.15) is 0 Å². The highest BCUT2D eigenvalue weighted by Crippen LogP contribution is 2.21. The van der Waals surface area contributed by atoms with Crippen LogP contribution >= 0.6 is 0 Å². The van der Waals surface area contributed by atoms with Gasteiger partial charge in [0.05, 0.1) is 6.10 Å². The SMILES string of the molecule is CCCCCOC1CC(N)C1. The fourth-order valence-corrected chi connectivity index (χ4v) is 1.34. The van der Waals surface area contributed by atoms with Crippen molar-refractivity contribution in [2.45, 2.75) is 51.2 Å². The average molecular weight is 157 g/mol. The predicted octanol–water partition coefficient (Wildman–Crippen LogP) is 1.68. The molecule has 0 aromatic rings. The molecule has 2 heteroatoms. The van der Waals surface area contributed by atoms with Crippen LogP contribution in [0.15, 0.2) is 0 Å². The first-order valence-electron chi connectivity index (χ1n) is 4.70. The highest BCUT2D eigenvalue weighted by Gasteiger charge is 2.25. The third-order valence-electron chi connectivity index (χ3n) is 2.23. The highest BCUT2D eigenvalue weighted by molar-refractivity contribution is 4.82. The molecule has 0 radical (unpaired) electrons. The van der Waals surface area contributed by atoms with Crippen molar-refractivity contribution in [3.05, 3.63) is 0 Å². The first kappa shape index (κ1) is 9.01. The summed E-state index contributed by atoms with van der Waals surface area (Å²) in [6.07, 6.45) is 6.41. The monoisotopic (exact) mass is 157 g/mol. The zero-order valence-electron chi connectivity index (χ0n) is 7.38. The molecular formula is C9H19NO. The van der Waals surface area contributed by atoms with E-state index in [0.29, 0.717) is 12.1 Å². The molecule has 11 heavy (non-hydrogen) atoms. The van der Waals surface area contributed by atoms with Gasteiger partial charge in [-0.15, -0.1) is 0 Å². The molecule has 0 aromatic heterocycles. The van der Waals surface area contributed by atoms with E-state index in [1.54, 1.807) is 0 Å². The Bertz CT molecular complexity index is 99.7. The Morgan fingerprint density at radius 1 is 1.36 bits per heavy atom. The van der Waals surface area contributed by atoms with Gasteiger partial charge in [-0.1, -0.05) is 19.8 Å². The summed E-state index contributed by atoms with van der Waals surface area (Å²) in [5, 5.41) is 0. The van der Waals surface area contributed by atoms with E-state index in [4.69, 9.17) is 10.5 Å². The van der Waals surface area contributed by atoms with Crippen molar-refractivity contribution < 1.29 is 4.74 Å². The molecule has 2 nitrogen and oxygen atoms in total. The maximum absolute atomic E-state index is 5.62. The minimum absolute atomic E-state index is 0.422. The second kappa shape index (κ2) is 4.73. The molecule has 0 heterocycles. The van der Waals surface area contributed by atoms with Crippen LogP contribution < -0.4 is 5.73 Å². The van der Waals surface area contributed by atoms with Crippen LogP contribution in [-0.2, 0) is 4.74 Å². The van der Waals surface area contributed by atoms with Crippen LogP contribution in [0, 0.1) is 0 Å². The lowest BCUT2D eigenvalue weighted by Gasteiger charge is -2.32. The normalized spacial score (nSPS) is 30.0. The van der Waals surface area contributed by atoms with Gasteiger partial charge in [-0.3, -0.25) is 0 Å². The zero-order valence-corrected chi connectivity index (χ0v) is 7.38. The van der Waals surface area contributed by atoms with Gasteiger partial charge >= 0.3 is 0 Å². The summed E-state index contributed by atoms with van der Waals surface area (Å²) in [4.78, 5) is 0. The van der Waals surface area contributed by atoms with E-state index in [1.165, 1.54) is 19.3 Å². The fourth-order valence-electron chi connectivity index (χ4n) is 1.34. The largest absolute Gasteiger partial charge is 0.378 e. The lowest BCUT2D eigenvalue weighted by atomic mass is 9.90. The van der Waals surface area contributed by atoms with E-state index in [9.17, 15) is 0 Å². The van der Waals surface area contributed by atoms with Gasteiger partial charge in [-0.25, -0.2) is 0 Å². The van der Waals surface area contributed by atoms with Gasteiger partial charge in [0.2, 0.25) is 0 Å². The summed E-state index contributed by atoms with van der Waals surface area (Å²) in [6, 6.07) is 0.422. The van der Waals surface area contributed by atoms with Crippen LogP contribution in [-0.4, -0.2) is 18.8 Å². The fraction of sp³-hybridized carbons (Fsp3) is 1.00. The van der Waals surface area contributed by atoms with Crippen LogP contribution in [0.2, 0.25) is 0 Å². The standard InChI is InChI=1S/C9H19NO/c1-2-3-4-5-11-9-6-8(10)7-9/h8-9H,2-7,10H2,1H3. The van der Waals surface area contributed by atoms with Crippen LogP contribution in [0.3, 0.4) is 0 Å². The second-order valence-electron chi connectivity index (χ2n) is 3.43. The highest BCUT2D eigenvalue weighted by atomic mass is 16.5. The Morgan fingerprint density at radius 3 is 2.64 bits per heavy atom. The van der Waals surface area contributed by atoms with Gasteiger partial charge in [0.25, 0.3) is 0 Å². The minimum Gasteiger partial charge on any atom is -0.378 e. The van der Waals surface area contributed by atoms with Gasteiger partial charge < -0.3 is 10.5 Å². The summed E-state index contributed by atoms with van der Waals surface area (Å²) in [7, 11) is 0. The number of ether oxygens (including phenoxy) is 1. The lowest BCUT2D eigenvalue weighted by Crippen LogP contribution is -2.41. The topological polar surface area (TPSA) is 35.2 Å². The Morgan fingerprint density at radius 2 is 2.09 bits per heavy atom. The van der Waals surface area contributed by atoms with Gasteiger partial charge in [-0.2, -0.15) is 0 Å².